The van der Waals surface area contributed by atoms with Crippen molar-refractivity contribution < 1.29 is 14.3 Å². The lowest BCUT2D eigenvalue weighted by Crippen LogP contribution is -2.49. The maximum atomic E-state index is 12.8. The number of hydrogen-bond donors (Lipinski definition) is 1. The van der Waals surface area contributed by atoms with E-state index < -0.39 is 0 Å². The second-order valence-corrected chi connectivity index (χ2v) is 8.81. The molecule has 1 aliphatic heterocycles. The van der Waals surface area contributed by atoms with Crippen LogP contribution in [0.15, 0.2) is 54.6 Å². The summed E-state index contributed by atoms with van der Waals surface area (Å²) in [5.41, 5.74) is 2.13. The van der Waals surface area contributed by atoms with E-state index in [2.05, 4.69) is 17.4 Å². The van der Waals surface area contributed by atoms with Gasteiger partial charge in [-0.05, 0) is 24.5 Å². The Kier molecular flexibility index (Phi) is 6.95. The Balaban J connectivity index is 1.29. The summed E-state index contributed by atoms with van der Waals surface area (Å²) in [7, 11) is 0. The SMILES string of the molecule is O=C(NCCOc1ccccc1-c1ccccc1)C1CSCN1C(=O)C1CCCC1. The van der Waals surface area contributed by atoms with Crippen LogP contribution in [0.2, 0.25) is 0 Å². The van der Waals surface area contributed by atoms with Gasteiger partial charge in [0.05, 0.1) is 12.4 Å². The first-order chi connectivity index (χ1) is 14.7. The fraction of sp³-hybridized carbons (Fsp3) is 0.417. The van der Waals surface area contributed by atoms with Crippen molar-refractivity contribution in [2.45, 2.75) is 31.7 Å². The fourth-order valence-electron chi connectivity index (χ4n) is 4.19. The van der Waals surface area contributed by atoms with Crippen LogP contribution in [0.5, 0.6) is 5.75 Å². The molecule has 5 nitrogen and oxygen atoms in total. The van der Waals surface area contributed by atoms with Gasteiger partial charge in [-0.3, -0.25) is 9.59 Å². The van der Waals surface area contributed by atoms with Gasteiger partial charge in [-0.1, -0.05) is 61.4 Å². The summed E-state index contributed by atoms with van der Waals surface area (Å²) in [5.74, 6) is 2.28. The predicted molar refractivity (Wildman–Crippen MR) is 120 cm³/mol. The van der Waals surface area contributed by atoms with Crippen molar-refractivity contribution in [3.05, 3.63) is 54.6 Å². The van der Waals surface area contributed by atoms with Crippen LogP contribution < -0.4 is 10.1 Å². The zero-order valence-electron chi connectivity index (χ0n) is 17.1. The molecule has 2 aliphatic rings. The number of amides is 2. The van der Waals surface area contributed by atoms with Gasteiger partial charge in [-0.15, -0.1) is 11.8 Å². The number of carbonyl (C=O) groups is 2. The molecule has 1 N–H and O–H groups in total. The van der Waals surface area contributed by atoms with Crippen molar-refractivity contribution in [3.63, 3.8) is 0 Å². The largest absolute Gasteiger partial charge is 0.491 e. The monoisotopic (exact) mass is 424 g/mol. The highest BCUT2D eigenvalue weighted by Crippen LogP contribution is 2.31. The number of nitrogens with one attached hydrogen (secondary N) is 1. The van der Waals surface area contributed by atoms with Crippen LogP contribution in [-0.2, 0) is 9.59 Å². The molecule has 2 fully saturated rings. The van der Waals surface area contributed by atoms with Crippen molar-refractivity contribution >= 4 is 23.6 Å². The van der Waals surface area contributed by atoms with Gasteiger partial charge < -0.3 is 15.0 Å². The Morgan fingerprint density at radius 3 is 2.57 bits per heavy atom. The Morgan fingerprint density at radius 1 is 1.03 bits per heavy atom. The molecule has 1 unspecified atom stereocenters. The number of thioether (sulfide) groups is 1. The average molecular weight is 425 g/mol. The molecule has 30 heavy (non-hydrogen) atoms. The highest BCUT2D eigenvalue weighted by Gasteiger charge is 2.38. The molecule has 1 saturated carbocycles. The van der Waals surface area contributed by atoms with Crippen LogP contribution in [0, 0.1) is 5.92 Å². The first kappa shape index (κ1) is 20.8. The maximum Gasteiger partial charge on any atom is 0.243 e. The van der Waals surface area contributed by atoms with E-state index in [0.29, 0.717) is 24.8 Å². The predicted octanol–water partition coefficient (Wildman–Crippen LogP) is 3.94. The summed E-state index contributed by atoms with van der Waals surface area (Å²) >= 11 is 1.65. The minimum atomic E-state index is -0.361. The molecule has 2 amide bonds. The molecule has 1 aliphatic carbocycles. The van der Waals surface area contributed by atoms with Crippen LogP contribution in [0.3, 0.4) is 0 Å². The van der Waals surface area contributed by atoms with Crippen molar-refractivity contribution in [1.82, 2.24) is 10.2 Å². The number of para-hydroxylation sites is 1. The number of nitrogens with zero attached hydrogens (tertiary/aromatic N) is 1. The van der Waals surface area contributed by atoms with E-state index in [4.69, 9.17) is 4.74 Å². The lowest BCUT2D eigenvalue weighted by Gasteiger charge is -2.25. The van der Waals surface area contributed by atoms with Gasteiger partial charge in [0.2, 0.25) is 11.8 Å². The maximum absolute atomic E-state index is 12.8. The van der Waals surface area contributed by atoms with Gasteiger partial charge in [-0.2, -0.15) is 0 Å². The van der Waals surface area contributed by atoms with Crippen LogP contribution >= 0.6 is 11.8 Å². The molecule has 2 aromatic rings. The molecular weight excluding hydrogens is 396 g/mol. The smallest absolute Gasteiger partial charge is 0.243 e. The van der Waals surface area contributed by atoms with Crippen LogP contribution in [0.1, 0.15) is 25.7 Å². The van der Waals surface area contributed by atoms with E-state index >= 15 is 0 Å². The number of hydrogen-bond acceptors (Lipinski definition) is 4. The summed E-state index contributed by atoms with van der Waals surface area (Å²) in [5, 5.41) is 2.96. The quantitative estimate of drug-likeness (QED) is 0.684. The zero-order valence-corrected chi connectivity index (χ0v) is 17.9. The third-order valence-corrected chi connectivity index (χ3v) is 6.82. The number of carbonyl (C=O) groups excluding carboxylic acids is 2. The molecule has 0 bridgehead atoms. The summed E-state index contributed by atoms with van der Waals surface area (Å²) in [6.07, 6.45) is 4.16. The van der Waals surface area contributed by atoms with Crippen molar-refractivity contribution in [2.75, 3.05) is 24.8 Å². The normalized spacial score (nSPS) is 19.1. The Morgan fingerprint density at radius 2 is 1.77 bits per heavy atom. The molecule has 0 radical (unpaired) electrons. The standard InChI is InChI=1S/C24H28N2O3S/c27-23(21-16-30-17-26(21)24(28)19-10-4-5-11-19)25-14-15-29-22-13-7-6-12-20(22)18-8-2-1-3-9-18/h1-3,6-9,12-13,19,21H,4-5,10-11,14-17H2,(H,25,27). The van der Waals surface area contributed by atoms with E-state index in [0.717, 1.165) is 42.6 Å². The van der Waals surface area contributed by atoms with E-state index in [1.54, 1.807) is 16.7 Å². The molecular formula is C24H28N2O3S. The van der Waals surface area contributed by atoms with E-state index in [9.17, 15) is 9.59 Å². The van der Waals surface area contributed by atoms with E-state index in [-0.39, 0.29) is 23.8 Å². The van der Waals surface area contributed by atoms with Gasteiger partial charge in [0.25, 0.3) is 0 Å². The Labute approximate surface area is 182 Å². The third-order valence-electron chi connectivity index (χ3n) is 5.80. The van der Waals surface area contributed by atoms with Crippen LogP contribution in [0.25, 0.3) is 11.1 Å². The Hall–Kier alpha value is -2.47. The summed E-state index contributed by atoms with van der Waals surface area (Å²) in [4.78, 5) is 27.2. The molecule has 1 saturated heterocycles. The highest BCUT2D eigenvalue weighted by atomic mass is 32.2. The van der Waals surface area contributed by atoms with Gasteiger partial charge in [-0.25, -0.2) is 0 Å². The van der Waals surface area contributed by atoms with E-state index in [1.165, 1.54) is 0 Å². The van der Waals surface area contributed by atoms with Gasteiger partial charge >= 0.3 is 0 Å². The molecule has 4 rings (SSSR count). The highest BCUT2D eigenvalue weighted by molar-refractivity contribution is 7.99. The first-order valence-electron chi connectivity index (χ1n) is 10.7. The topological polar surface area (TPSA) is 58.6 Å². The molecule has 6 heteroatoms. The molecule has 0 aromatic heterocycles. The molecule has 1 heterocycles. The number of rotatable bonds is 7. The van der Waals surface area contributed by atoms with Crippen LogP contribution in [-0.4, -0.2) is 47.5 Å². The summed E-state index contributed by atoms with van der Waals surface area (Å²) in [6.45, 7) is 0.792. The molecule has 2 aromatic carbocycles. The Bertz CT molecular complexity index is 868. The summed E-state index contributed by atoms with van der Waals surface area (Å²) in [6, 6.07) is 17.7. The first-order valence-corrected chi connectivity index (χ1v) is 11.8. The lowest BCUT2D eigenvalue weighted by molar-refractivity contribution is -0.141. The van der Waals surface area contributed by atoms with Gasteiger partial charge in [0, 0.05) is 17.2 Å². The minimum Gasteiger partial charge on any atom is -0.491 e. The second-order valence-electron chi connectivity index (χ2n) is 7.81. The van der Waals surface area contributed by atoms with Crippen LogP contribution in [0.4, 0.5) is 0 Å². The zero-order chi connectivity index (χ0) is 20.8. The van der Waals surface area contributed by atoms with Crippen molar-refractivity contribution in [3.8, 4) is 16.9 Å². The van der Waals surface area contributed by atoms with Gasteiger partial charge in [0.15, 0.2) is 0 Å². The molecule has 158 valence electrons. The average Bonchev–Trinajstić information content (AvgIpc) is 3.49. The molecule has 1 atom stereocenters. The van der Waals surface area contributed by atoms with Crippen molar-refractivity contribution in [1.29, 1.82) is 0 Å². The number of benzene rings is 2. The summed E-state index contributed by atoms with van der Waals surface area (Å²) < 4.78 is 5.96. The fourth-order valence-corrected chi connectivity index (χ4v) is 5.35. The number of ether oxygens (including phenoxy) is 1. The minimum absolute atomic E-state index is 0.0775. The second kappa shape index (κ2) is 10.0. The van der Waals surface area contributed by atoms with Crippen molar-refractivity contribution in [2.24, 2.45) is 5.92 Å². The third kappa shape index (κ3) is 4.81. The lowest BCUT2D eigenvalue weighted by atomic mass is 10.1. The molecule has 0 spiro atoms. The van der Waals surface area contributed by atoms with Gasteiger partial charge in [0.1, 0.15) is 18.4 Å². The van der Waals surface area contributed by atoms with E-state index in [1.807, 2.05) is 42.5 Å².